The zero-order valence-electron chi connectivity index (χ0n) is 9.81. The summed E-state index contributed by atoms with van der Waals surface area (Å²) in [6.07, 6.45) is 5.04. The molecule has 1 N–H and O–H groups in total. The van der Waals surface area contributed by atoms with E-state index in [1.165, 1.54) is 12.1 Å². The highest BCUT2D eigenvalue weighted by Crippen LogP contribution is 2.34. The molecule has 0 heterocycles. The van der Waals surface area contributed by atoms with Gasteiger partial charge in [-0.1, -0.05) is 40.7 Å². The molecule has 1 aromatic carbocycles. The number of carboxylic acid groups (broad SMARTS) is 1. The van der Waals surface area contributed by atoms with Gasteiger partial charge in [-0.25, -0.2) is 8.42 Å². The molecule has 0 saturated carbocycles. The highest BCUT2D eigenvalue weighted by atomic mass is 35.5. The van der Waals surface area contributed by atoms with Crippen molar-refractivity contribution in [1.82, 2.24) is 4.31 Å². The first-order valence-electron chi connectivity index (χ1n) is 5.00. The fourth-order valence-electron chi connectivity index (χ4n) is 1.38. The molecule has 0 radical (unpaired) electrons. The third kappa shape index (κ3) is 3.78. The number of sulfonamides is 1. The van der Waals surface area contributed by atoms with E-state index < -0.39 is 34.0 Å². The SMILES string of the molecule is C#CCN(CC(=O)O)S(=O)(=O)c1c(Cl)cc(Cl)cc1Cl. The summed E-state index contributed by atoms with van der Waals surface area (Å²) in [6, 6.07) is 2.38. The van der Waals surface area contributed by atoms with Gasteiger partial charge in [-0.2, -0.15) is 4.31 Å². The lowest BCUT2D eigenvalue weighted by atomic mass is 10.4. The molecule has 0 bridgehead atoms. The Kier molecular flexibility index (Phi) is 5.68. The van der Waals surface area contributed by atoms with Gasteiger partial charge in [-0.05, 0) is 12.1 Å². The Balaban J connectivity index is 3.41. The molecule has 0 unspecified atom stereocenters. The molecule has 20 heavy (non-hydrogen) atoms. The zero-order valence-corrected chi connectivity index (χ0v) is 12.9. The number of hydrogen-bond acceptors (Lipinski definition) is 3. The second-order valence-corrected chi connectivity index (χ2v) is 6.70. The van der Waals surface area contributed by atoms with E-state index in [-0.39, 0.29) is 15.1 Å². The first-order valence-corrected chi connectivity index (χ1v) is 7.57. The lowest BCUT2D eigenvalue weighted by Gasteiger charge is -2.19. The molecule has 0 aliphatic heterocycles. The normalized spacial score (nSPS) is 11.3. The fourth-order valence-corrected chi connectivity index (χ4v) is 4.18. The maximum absolute atomic E-state index is 12.4. The first kappa shape index (κ1) is 17.1. The van der Waals surface area contributed by atoms with Gasteiger partial charge in [0.05, 0.1) is 16.6 Å². The maximum Gasteiger partial charge on any atom is 0.318 e. The van der Waals surface area contributed by atoms with Crippen LogP contribution in [0.3, 0.4) is 0 Å². The van der Waals surface area contributed by atoms with Crippen molar-refractivity contribution in [3.63, 3.8) is 0 Å². The van der Waals surface area contributed by atoms with Crippen molar-refractivity contribution < 1.29 is 18.3 Å². The quantitative estimate of drug-likeness (QED) is 0.822. The van der Waals surface area contributed by atoms with Gasteiger partial charge in [0.25, 0.3) is 0 Å². The number of rotatable bonds is 5. The summed E-state index contributed by atoms with van der Waals surface area (Å²) in [5.74, 6) is 0.714. The number of hydrogen-bond donors (Lipinski definition) is 1. The summed E-state index contributed by atoms with van der Waals surface area (Å²) in [5, 5.41) is 8.47. The van der Waals surface area contributed by atoms with E-state index in [9.17, 15) is 13.2 Å². The van der Waals surface area contributed by atoms with Gasteiger partial charge in [-0.3, -0.25) is 4.79 Å². The number of carbonyl (C=O) groups is 1. The van der Waals surface area contributed by atoms with Crippen molar-refractivity contribution in [3.8, 4) is 12.3 Å². The number of carboxylic acids is 1. The van der Waals surface area contributed by atoms with Crippen molar-refractivity contribution >= 4 is 50.8 Å². The van der Waals surface area contributed by atoms with Crippen molar-refractivity contribution in [2.24, 2.45) is 0 Å². The fraction of sp³-hybridized carbons (Fsp3) is 0.182. The third-order valence-electron chi connectivity index (χ3n) is 2.14. The van der Waals surface area contributed by atoms with Crippen LogP contribution < -0.4 is 0 Å². The van der Waals surface area contributed by atoms with Crippen LogP contribution in [0.2, 0.25) is 15.1 Å². The molecule has 0 aliphatic carbocycles. The average Bonchev–Trinajstić information content (AvgIpc) is 2.25. The summed E-state index contributed by atoms with van der Waals surface area (Å²) in [5.41, 5.74) is 0. The monoisotopic (exact) mass is 355 g/mol. The third-order valence-corrected chi connectivity index (χ3v) is 5.07. The van der Waals surface area contributed by atoms with E-state index in [0.717, 1.165) is 0 Å². The molecule has 0 aliphatic rings. The molecule has 0 atom stereocenters. The van der Waals surface area contributed by atoms with Gasteiger partial charge in [0.1, 0.15) is 11.4 Å². The number of terminal acetylenes is 1. The van der Waals surface area contributed by atoms with Crippen LogP contribution in [0, 0.1) is 12.3 Å². The van der Waals surface area contributed by atoms with Crippen molar-refractivity contribution in [1.29, 1.82) is 0 Å². The van der Waals surface area contributed by atoms with Gasteiger partial charge in [0.2, 0.25) is 10.0 Å². The summed E-state index contributed by atoms with van der Waals surface area (Å²) >= 11 is 17.3. The van der Waals surface area contributed by atoms with Crippen LogP contribution in [0.5, 0.6) is 0 Å². The molecule has 1 rings (SSSR count). The van der Waals surface area contributed by atoms with Crippen LogP contribution in [0.25, 0.3) is 0 Å². The van der Waals surface area contributed by atoms with Gasteiger partial charge in [0.15, 0.2) is 0 Å². The minimum atomic E-state index is -4.25. The van der Waals surface area contributed by atoms with E-state index in [1.54, 1.807) is 0 Å². The lowest BCUT2D eigenvalue weighted by Crippen LogP contribution is -2.36. The van der Waals surface area contributed by atoms with E-state index >= 15 is 0 Å². The molecular weight excluding hydrogens is 349 g/mol. The van der Waals surface area contributed by atoms with E-state index in [0.29, 0.717) is 4.31 Å². The Bertz CT molecular complexity index is 658. The lowest BCUT2D eigenvalue weighted by molar-refractivity contribution is -0.137. The average molecular weight is 357 g/mol. The highest BCUT2D eigenvalue weighted by Gasteiger charge is 2.30. The number of nitrogens with zero attached hydrogens (tertiary/aromatic N) is 1. The smallest absolute Gasteiger partial charge is 0.318 e. The Morgan fingerprint density at radius 3 is 2.20 bits per heavy atom. The van der Waals surface area contributed by atoms with Crippen LogP contribution in [0.15, 0.2) is 17.0 Å². The Morgan fingerprint density at radius 2 is 1.80 bits per heavy atom. The number of aliphatic carboxylic acids is 1. The molecule has 9 heteroatoms. The highest BCUT2D eigenvalue weighted by molar-refractivity contribution is 7.89. The van der Waals surface area contributed by atoms with Crippen LogP contribution in [0.1, 0.15) is 0 Å². The van der Waals surface area contributed by atoms with Gasteiger partial charge in [-0.15, -0.1) is 6.42 Å². The summed E-state index contributed by atoms with van der Waals surface area (Å²) in [6.45, 7) is -1.23. The molecule has 0 saturated heterocycles. The standard InChI is InChI=1S/C11H8Cl3NO4S/c1-2-3-15(6-10(16)17)20(18,19)11-8(13)4-7(12)5-9(11)14/h1,4-5H,3,6H2,(H,16,17). The predicted molar refractivity (Wildman–Crippen MR) is 76.7 cm³/mol. The second kappa shape index (κ2) is 6.66. The Morgan fingerprint density at radius 1 is 1.30 bits per heavy atom. The van der Waals surface area contributed by atoms with Crippen LogP contribution in [-0.4, -0.2) is 36.9 Å². The summed E-state index contributed by atoms with van der Waals surface area (Å²) < 4.78 is 25.3. The topological polar surface area (TPSA) is 74.7 Å². The molecule has 5 nitrogen and oxygen atoms in total. The van der Waals surface area contributed by atoms with Crippen LogP contribution in [-0.2, 0) is 14.8 Å². The molecule has 0 spiro atoms. The Labute approximate surface area is 131 Å². The molecular formula is C11H8Cl3NO4S. The molecule has 1 aromatic rings. The van der Waals surface area contributed by atoms with Crippen LogP contribution >= 0.6 is 34.8 Å². The van der Waals surface area contributed by atoms with Crippen molar-refractivity contribution in [3.05, 3.63) is 27.2 Å². The number of benzene rings is 1. The summed E-state index contributed by atoms with van der Waals surface area (Å²) in [7, 11) is -4.25. The van der Waals surface area contributed by atoms with Gasteiger partial charge < -0.3 is 5.11 Å². The maximum atomic E-state index is 12.4. The molecule has 108 valence electrons. The molecule has 0 amide bonds. The van der Waals surface area contributed by atoms with E-state index in [4.69, 9.17) is 46.3 Å². The van der Waals surface area contributed by atoms with E-state index in [2.05, 4.69) is 5.92 Å². The predicted octanol–water partition coefficient (Wildman–Crippen LogP) is 2.36. The minimum Gasteiger partial charge on any atom is -0.480 e. The van der Waals surface area contributed by atoms with Crippen molar-refractivity contribution in [2.45, 2.75) is 4.90 Å². The minimum absolute atomic E-state index is 0.153. The summed E-state index contributed by atoms with van der Waals surface area (Å²) in [4.78, 5) is 10.3. The zero-order chi connectivity index (χ0) is 15.5. The van der Waals surface area contributed by atoms with Gasteiger partial charge >= 0.3 is 5.97 Å². The van der Waals surface area contributed by atoms with E-state index in [1.807, 2.05) is 0 Å². The Hall–Kier alpha value is -0.970. The van der Waals surface area contributed by atoms with Gasteiger partial charge in [0, 0.05) is 5.02 Å². The van der Waals surface area contributed by atoms with Crippen molar-refractivity contribution in [2.75, 3.05) is 13.1 Å². The molecule has 0 fully saturated rings. The van der Waals surface area contributed by atoms with Crippen LogP contribution in [0.4, 0.5) is 0 Å². The number of halogens is 3. The molecule has 0 aromatic heterocycles. The first-order chi connectivity index (χ1) is 9.20. The second-order valence-electron chi connectivity index (χ2n) is 3.57. The largest absolute Gasteiger partial charge is 0.480 e.